The van der Waals surface area contributed by atoms with E-state index in [0.29, 0.717) is 28.7 Å². The first-order valence-electron chi connectivity index (χ1n) is 9.12. The lowest BCUT2D eigenvalue weighted by molar-refractivity contribution is -0.127. The van der Waals surface area contributed by atoms with Crippen LogP contribution in [0.4, 0.5) is 0 Å². The molecule has 2 heterocycles. The fourth-order valence-electron chi connectivity index (χ4n) is 3.35. The Hall–Kier alpha value is -2.21. The number of hydrogen-bond acceptors (Lipinski definition) is 4. The fourth-order valence-corrected chi connectivity index (χ4v) is 3.88. The van der Waals surface area contributed by atoms with Gasteiger partial charge in [0.1, 0.15) is 0 Å². The zero-order valence-electron chi connectivity index (χ0n) is 15.2. The molecule has 2 aliphatic rings. The summed E-state index contributed by atoms with van der Waals surface area (Å²) >= 11 is 12.3. The van der Waals surface area contributed by atoms with Gasteiger partial charge in [0, 0.05) is 54.4 Å². The molecule has 0 N–H and O–H groups in total. The van der Waals surface area contributed by atoms with Gasteiger partial charge in [0.25, 0.3) is 0 Å². The monoisotopic (exact) mass is 418 g/mol. The van der Waals surface area contributed by atoms with E-state index in [9.17, 15) is 4.79 Å². The molecule has 7 heteroatoms. The third-order valence-electron chi connectivity index (χ3n) is 4.92. The van der Waals surface area contributed by atoms with Crippen molar-refractivity contribution < 1.29 is 14.3 Å². The highest BCUT2D eigenvalue weighted by atomic mass is 35.5. The Balaban J connectivity index is 1.31. The van der Waals surface area contributed by atoms with Gasteiger partial charge in [-0.2, -0.15) is 0 Å². The minimum absolute atomic E-state index is 0.0290. The summed E-state index contributed by atoms with van der Waals surface area (Å²) in [6.45, 7) is 4.12. The molecule has 0 spiro atoms. The smallest absolute Gasteiger partial charge is 0.246 e. The van der Waals surface area contributed by atoms with Gasteiger partial charge in [0.05, 0.1) is 0 Å². The molecule has 4 rings (SSSR count). The molecule has 0 radical (unpaired) electrons. The number of amides is 1. The summed E-state index contributed by atoms with van der Waals surface area (Å²) in [7, 11) is 0. The van der Waals surface area contributed by atoms with Crippen molar-refractivity contribution in [1.82, 2.24) is 9.80 Å². The lowest BCUT2D eigenvalue weighted by Gasteiger charge is -2.34. The average molecular weight is 419 g/mol. The van der Waals surface area contributed by atoms with Crippen LogP contribution in [0.5, 0.6) is 11.5 Å². The van der Waals surface area contributed by atoms with Crippen LogP contribution >= 0.6 is 23.2 Å². The molecule has 5 nitrogen and oxygen atoms in total. The Labute approximate surface area is 174 Å². The normalized spacial score (nSPS) is 16.7. The molecule has 146 valence electrons. The summed E-state index contributed by atoms with van der Waals surface area (Å²) < 4.78 is 10.8. The minimum Gasteiger partial charge on any atom is -0.454 e. The summed E-state index contributed by atoms with van der Waals surface area (Å²) in [5, 5.41) is 1.06. The molecule has 2 aliphatic heterocycles. The highest BCUT2D eigenvalue weighted by Gasteiger charge is 2.21. The SMILES string of the molecule is O=C(C=Cc1c(Cl)cccc1Cl)N1CCN(Cc2ccc3c(c2)OCO3)CC1. The highest BCUT2D eigenvalue weighted by Crippen LogP contribution is 2.33. The van der Waals surface area contributed by atoms with Crippen molar-refractivity contribution in [3.63, 3.8) is 0 Å². The van der Waals surface area contributed by atoms with E-state index in [4.69, 9.17) is 32.7 Å². The predicted octanol–water partition coefficient (Wildman–Crippen LogP) is 4.08. The third kappa shape index (κ3) is 4.27. The second-order valence-corrected chi connectivity index (χ2v) is 7.57. The van der Waals surface area contributed by atoms with Crippen molar-refractivity contribution in [2.24, 2.45) is 0 Å². The molecule has 1 saturated heterocycles. The van der Waals surface area contributed by atoms with E-state index >= 15 is 0 Å². The molecule has 0 aliphatic carbocycles. The zero-order chi connectivity index (χ0) is 19.5. The van der Waals surface area contributed by atoms with Crippen LogP contribution in [0.25, 0.3) is 6.08 Å². The first-order chi connectivity index (χ1) is 13.6. The van der Waals surface area contributed by atoms with Crippen molar-refractivity contribution in [3.8, 4) is 11.5 Å². The highest BCUT2D eigenvalue weighted by molar-refractivity contribution is 6.37. The first-order valence-corrected chi connectivity index (χ1v) is 9.87. The number of fused-ring (bicyclic) bond motifs is 1. The predicted molar refractivity (Wildman–Crippen MR) is 110 cm³/mol. The van der Waals surface area contributed by atoms with E-state index in [1.807, 2.05) is 17.0 Å². The molecule has 0 atom stereocenters. The molecule has 0 bridgehead atoms. The van der Waals surface area contributed by atoms with Gasteiger partial charge in [-0.15, -0.1) is 0 Å². The van der Waals surface area contributed by atoms with Crippen molar-refractivity contribution in [1.29, 1.82) is 0 Å². The van der Waals surface area contributed by atoms with Gasteiger partial charge >= 0.3 is 0 Å². The summed E-state index contributed by atoms with van der Waals surface area (Å²) in [5.74, 6) is 1.57. The molecule has 1 amide bonds. The number of piperazine rings is 1. The second-order valence-electron chi connectivity index (χ2n) is 6.76. The number of carbonyl (C=O) groups is 1. The van der Waals surface area contributed by atoms with Crippen LogP contribution in [0.15, 0.2) is 42.5 Å². The second kappa shape index (κ2) is 8.43. The van der Waals surface area contributed by atoms with Crippen LogP contribution in [0.1, 0.15) is 11.1 Å². The van der Waals surface area contributed by atoms with Crippen LogP contribution in [0.3, 0.4) is 0 Å². The van der Waals surface area contributed by atoms with E-state index in [1.165, 1.54) is 5.56 Å². The topological polar surface area (TPSA) is 42.0 Å². The molecular formula is C21H20Cl2N2O3. The Kier molecular flexibility index (Phi) is 5.76. The van der Waals surface area contributed by atoms with Crippen molar-refractivity contribution >= 4 is 35.2 Å². The Morgan fingerprint density at radius 2 is 1.71 bits per heavy atom. The minimum atomic E-state index is -0.0290. The number of halogens is 2. The van der Waals surface area contributed by atoms with Crippen molar-refractivity contribution in [3.05, 3.63) is 63.6 Å². The number of nitrogens with zero attached hydrogens (tertiary/aromatic N) is 2. The van der Waals surface area contributed by atoms with Gasteiger partial charge in [0.15, 0.2) is 11.5 Å². The summed E-state index contributed by atoms with van der Waals surface area (Å²) in [6.07, 6.45) is 3.23. The zero-order valence-corrected chi connectivity index (χ0v) is 16.7. The Bertz CT molecular complexity index is 888. The van der Waals surface area contributed by atoms with E-state index in [2.05, 4.69) is 11.0 Å². The first kappa shape index (κ1) is 19.1. The van der Waals surface area contributed by atoms with Crippen LogP contribution in [-0.4, -0.2) is 48.7 Å². The summed E-state index contributed by atoms with van der Waals surface area (Å²) in [5.41, 5.74) is 1.85. The van der Waals surface area contributed by atoms with Crippen molar-refractivity contribution in [2.45, 2.75) is 6.54 Å². The fraction of sp³-hybridized carbons (Fsp3) is 0.286. The van der Waals surface area contributed by atoms with Gasteiger partial charge < -0.3 is 14.4 Å². The molecule has 0 unspecified atom stereocenters. The lowest BCUT2D eigenvalue weighted by Crippen LogP contribution is -2.47. The van der Waals surface area contributed by atoms with Crippen molar-refractivity contribution in [2.75, 3.05) is 33.0 Å². The van der Waals surface area contributed by atoms with E-state index in [-0.39, 0.29) is 12.7 Å². The van der Waals surface area contributed by atoms with E-state index < -0.39 is 0 Å². The molecule has 0 saturated carbocycles. The number of carbonyl (C=O) groups excluding carboxylic acids is 1. The Morgan fingerprint density at radius 3 is 2.46 bits per heavy atom. The van der Waals surface area contributed by atoms with Gasteiger partial charge in [0.2, 0.25) is 12.7 Å². The van der Waals surface area contributed by atoms with Crippen LogP contribution in [0, 0.1) is 0 Å². The summed E-state index contributed by atoms with van der Waals surface area (Å²) in [6, 6.07) is 11.3. The number of ether oxygens (including phenoxy) is 2. The number of benzene rings is 2. The van der Waals surface area contributed by atoms with Gasteiger partial charge in [-0.3, -0.25) is 9.69 Å². The van der Waals surface area contributed by atoms with Crippen LogP contribution in [0.2, 0.25) is 10.0 Å². The maximum Gasteiger partial charge on any atom is 0.246 e. The number of hydrogen-bond donors (Lipinski definition) is 0. The average Bonchev–Trinajstić information content (AvgIpc) is 3.16. The maximum atomic E-state index is 12.5. The molecular weight excluding hydrogens is 399 g/mol. The maximum absolute atomic E-state index is 12.5. The third-order valence-corrected chi connectivity index (χ3v) is 5.58. The van der Waals surface area contributed by atoms with Crippen LogP contribution < -0.4 is 9.47 Å². The quantitative estimate of drug-likeness (QED) is 0.701. The number of rotatable bonds is 4. The Morgan fingerprint density at radius 1 is 1.00 bits per heavy atom. The van der Waals surface area contributed by atoms with Crippen LogP contribution in [-0.2, 0) is 11.3 Å². The molecule has 28 heavy (non-hydrogen) atoms. The summed E-state index contributed by atoms with van der Waals surface area (Å²) in [4.78, 5) is 16.7. The molecule has 0 aromatic heterocycles. The standard InChI is InChI=1S/C21H20Cl2N2O3/c22-17-2-1-3-18(23)16(17)5-7-21(26)25-10-8-24(9-11-25)13-15-4-6-19-20(12-15)28-14-27-19/h1-7,12H,8-11,13-14H2. The molecule has 2 aromatic rings. The lowest BCUT2D eigenvalue weighted by atomic mass is 10.1. The largest absolute Gasteiger partial charge is 0.454 e. The van der Waals surface area contributed by atoms with E-state index in [1.54, 1.807) is 30.4 Å². The van der Waals surface area contributed by atoms with Gasteiger partial charge in [-0.1, -0.05) is 35.3 Å². The van der Waals surface area contributed by atoms with Gasteiger partial charge in [-0.25, -0.2) is 0 Å². The molecule has 1 fully saturated rings. The molecule has 2 aromatic carbocycles. The van der Waals surface area contributed by atoms with Gasteiger partial charge in [-0.05, 0) is 35.9 Å². The van der Waals surface area contributed by atoms with E-state index in [0.717, 1.165) is 31.1 Å².